The highest BCUT2D eigenvalue weighted by Gasteiger charge is 2.38. The molecule has 0 saturated heterocycles. The number of fused-ring (bicyclic) bond motifs is 3. The van der Waals surface area contributed by atoms with E-state index < -0.39 is 15.8 Å². The number of aromatic nitrogens is 2. The van der Waals surface area contributed by atoms with Gasteiger partial charge in [0, 0.05) is 11.1 Å². The maximum absolute atomic E-state index is 12.7. The summed E-state index contributed by atoms with van der Waals surface area (Å²) in [6.07, 6.45) is 4.00. The van der Waals surface area contributed by atoms with E-state index in [1.165, 1.54) is 0 Å². The highest BCUT2D eigenvalue weighted by molar-refractivity contribution is 7.90. The summed E-state index contributed by atoms with van der Waals surface area (Å²) < 4.78 is 27.1. The Bertz CT molecular complexity index is 1000. The van der Waals surface area contributed by atoms with Crippen LogP contribution in [0.25, 0.3) is 11.3 Å². The van der Waals surface area contributed by atoms with Gasteiger partial charge in [0.25, 0.3) is 0 Å². The molecule has 6 nitrogen and oxygen atoms in total. The van der Waals surface area contributed by atoms with Gasteiger partial charge in [-0.05, 0) is 30.7 Å². The molecule has 1 saturated carbocycles. The van der Waals surface area contributed by atoms with E-state index in [2.05, 4.69) is 18.9 Å². The molecule has 1 aromatic carbocycles. The number of carboxylic acids is 1. The minimum Gasteiger partial charge on any atom is -0.476 e. The number of rotatable bonds is 2. The summed E-state index contributed by atoms with van der Waals surface area (Å²) >= 11 is 0. The van der Waals surface area contributed by atoms with Gasteiger partial charge in [-0.2, -0.15) is 5.10 Å². The van der Waals surface area contributed by atoms with Crippen LogP contribution in [0.15, 0.2) is 29.2 Å². The van der Waals surface area contributed by atoms with Crippen LogP contribution in [-0.2, 0) is 15.6 Å². The number of aromatic carboxylic acids is 1. The van der Waals surface area contributed by atoms with Gasteiger partial charge in [0.1, 0.15) is 0 Å². The van der Waals surface area contributed by atoms with Crippen molar-refractivity contribution in [3.8, 4) is 11.3 Å². The van der Waals surface area contributed by atoms with Crippen LogP contribution in [0.4, 0.5) is 0 Å². The smallest absolute Gasteiger partial charge is 0.356 e. The van der Waals surface area contributed by atoms with Crippen LogP contribution in [0.3, 0.4) is 0 Å². The molecule has 2 heterocycles. The Morgan fingerprint density at radius 2 is 2.04 bits per heavy atom. The van der Waals surface area contributed by atoms with Gasteiger partial charge in [-0.1, -0.05) is 38.5 Å². The fraction of sp³-hybridized carbons (Fsp3) is 0.474. The topological polar surface area (TPSA) is 89.3 Å². The van der Waals surface area contributed by atoms with Crippen molar-refractivity contribution < 1.29 is 18.3 Å². The third kappa shape index (κ3) is 2.65. The summed E-state index contributed by atoms with van der Waals surface area (Å²) in [7, 11) is -3.57. The highest BCUT2D eigenvalue weighted by atomic mass is 32.2. The molecule has 2 aromatic rings. The number of hydrogen-bond donors (Lipinski definition) is 1. The molecule has 0 bridgehead atoms. The molecule has 138 valence electrons. The molecule has 26 heavy (non-hydrogen) atoms. The third-order valence-corrected chi connectivity index (χ3v) is 7.24. The summed E-state index contributed by atoms with van der Waals surface area (Å²) in [4.78, 5) is 12.0. The lowest BCUT2D eigenvalue weighted by Crippen LogP contribution is -2.26. The quantitative estimate of drug-likeness (QED) is 0.866. The standard InChI is InChI=1S/C19H22N2O4S/c1-19(2)9-5-6-12(10-19)21-17-13-7-3-4-8-15(13)26(24,25)11-14(17)16(20-21)18(22)23/h3-4,7-8,12H,5-6,9-11H2,1-2H3,(H,22,23). The Hall–Kier alpha value is -2.15. The lowest BCUT2D eigenvalue weighted by molar-refractivity contribution is 0.0687. The lowest BCUT2D eigenvalue weighted by Gasteiger charge is -2.36. The van der Waals surface area contributed by atoms with Gasteiger partial charge >= 0.3 is 5.97 Å². The fourth-order valence-electron chi connectivity index (χ4n) is 4.40. The molecule has 0 spiro atoms. The van der Waals surface area contributed by atoms with E-state index in [1.807, 2.05) is 0 Å². The Kier molecular flexibility index (Phi) is 3.77. The number of carboxylic acid groups (broad SMARTS) is 1. The molecule has 1 aromatic heterocycles. The highest BCUT2D eigenvalue weighted by Crippen LogP contribution is 2.46. The second kappa shape index (κ2) is 5.67. The van der Waals surface area contributed by atoms with Gasteiger partial charge in [0.15, 0.2) is 15.5 Å². The molecule has 0 amide bonds. The van der Waals surface area contributed by atoms with Crippen LogP contribution < -0.4 is 0 Å². The molecule has 2 aliphatic rings. The average molecular weight is 374 g/mol. The number of carbonyl (C=O) groups is 1. The zero-order valence-electron chi connectivity index (χ0n) is 14.9. The first-order valence-corrected chi connectivity index (χ1v) is 10.5. The lowest BCUT2D eigenvalue weighted by atomic mass is 9.75. The van der Waals surface area contributed by atoms with Gasteiger partial charge in [-0.3, -0.25) is 4.68 Å². The van der Waals surface area contributed by atoms with Gasteiger partial charge in [0.05, 0.1) is 22.4 Å². The van der Waals surface area contributed by atoms with E-state index in [4.69, 9.17) is 0 Å². The Balaban J connectivity index is 1.96. The van der Waals surface area contributed by atoms with Crippen molar-refractivity contribution >= 4 is 15.8 Å². The van der Waals surface area contributed by atoms with E-state index in [0.717, 1.165) is 25.7 Å². The van der Waals surface area contributed by atoms with Gasteiger partial charge in [-0.25, -0.2) is 13.2 Å². The van der Waals surface area contributed by atoms with Crippen LogP contribution in [-0.4, -0.2) is 29.3 Å². The summed E-state index contributed by atoms with van der Waals surface area (Å²) in [5.74, 6) is -1.48. The van der Waals surface area contributed by atoms with Gasteiger partial charge in [0.2, 0.25) is 0 Å². The summed E-state index contributed by atoms with van der Waals surface area (Å²) in [6, 6.07) is 6.91. The molecular weight excluding hydrogens is 352 g/mol. The normalized spacial score (nSPS) is 23.1. The predicted molar refractivity (Wildman–Crippen MR) is 96.8 cm³/mol. The molecule has 7 heteroatoms. The maximum atomic E-state index is 12.7. The van der Waals surface area contributed by atoms with Gasteiger partial charge in [-0.15, -0.1) is 0 Å². The first-order chi connectivity index (χ1) is 12.2. The third-order valence-electron chi connectivity index (χ3n) is 5.55. The van der Waals surface area contributed by atoms with E-state index >= 15 is 0 Å². The summed E-state index contributed by atoms with van der Waals surface area (Å²) in [5, 5.41) is 14.0. The molecule has 1 unspecified atom stereocenters. The second-order valence-electron chi connectivity index (χ2n) is 8.10. The van der Waals surface area contributed by atoms with E-state index in [0.29, 0.717) is 16.8 Å². The van der Waals surface area contributed by atoms with Crippen LogP contribution in [0.5, 0.6) is 0 Å². The molecule has 1 aliphatic carbocycles. The van der Waals surface area contributed by atoms with Crippen LogP contribution in [0.2, 0.25) is 0 Å². The Labute approximate surface area is 152 Å². The van der Waals surface area contributed by atoms with Crippen molar-refractivity contribution in [3.63, 3.8) is 0 Å². The Morgan fingerprint density at radius 3 is 2.73 bits per heavy atom. The molecule has 1 aliphatic heterocycles. The zero-order valence-corrected chi connectivity index (χ0v) is 15.7. The SMILES string of the molecule is CC1(C)CCCC(n2nc(C(=O)O)c3c2-c2ccccc2S(=O)(=O)C3)C1. The Morgan fingerprint density at radius 1 is 1.31 bits per heavy atom. The molecule has 1 atom stereocenters. The first kappa shape index (κ1) is 17.3. The van der Waals surface area contributed by atoms with Crippen molar-refractivity contribution in [2.24, 2.45) is 5.41 Å². The molecule has 4 rings (SSSR count). The largest absolute Gasteiger partial charge is 0.476 e. The number of hydrogen-bond acceptors (Lipinski definition) is 4. The van der Waals surface area contributed by atoms with E-state index in [-0.39, 0.29) is 27.8 Å². The predicted octanol–water partition coefficient (Wildman–Crippen LogP) is 3.68. The van der Waals surface area contributed by atoms with Crippen molar-refractivity contribution in [2.45, 2.75) is 56.2 Å². The number of nitrogens with zero attached hydrogens (tertiary/aromatic N) is 2. The molecule has 0 radical (unpaired) electrons. The monoisotopic (exact) mass is 374 g/mol. The van der Waals surface area contributed by atoms with E-state index in [9.17, 15) is 18.3 Å². The number of sulfone groups is 1. The number of benzene rings is 1. The van der Waals surface area contributed by atoms with E-state index in [1.54, 1.807) is 28.9 Å². The van der Waals surface area contributed by atoms with Crippen molar-refractivity contribution in [1.82, 2.24) is 9.78 Å². The van der Waals surface area contributed by atoms with Crippen LogP contribution in [0.1, 0.15) is 61.6 Å². The molecular formula is C19H22N2O4S. The summed E-state index contributed by atoms with van der Waals surface area (Å²) in [6.45, 7) is 4.43. The van der Waals surface area contributed by atoms with Gasteiger partial charge < -0.3 is 5.11 Å². The minimum atomic E-state index is -3.57. The average Bonchev–Trinajstić information content (AvgIpc) is 2.93. The minimum absolute atomic E-state index is 0.0782. The first-order valence-electron chi connectivity index (χ1n) is 8.86. The molecule has 1 N–H and O–H groups in total. The van der Waals surface area contributed by atoms with Crippen LogP contribution in [0, 0.1) is 5.41 Å². The maximum Gasteiger partial charge on any atom is 0.356 e. The van der Waals surface area contributed by atoms with Crippen molar-refractivity contribution in [3.05, 3.63) is 35.5 Å². The summed E-state index contributed by atoms with van der Waals surface area (Å²) in [5.41, 5.74) is 1.57. The molecule has 1 fully saturated rings. The van der Waals surface area contributed by atoms with Crippen LogP contribution >= 0.6 is 0 Å². The van der Waals surface area contributed by atoms with Crippen molar-refractivity contribution in [2.75, 3.05) is 0 Å². The van der Waals surface area contributed by atoms with Crippen molar-refractivity contribution in [1.29, 1.82) is 0 Å². The second-order valence-corrected chi connectivity index (χ2v) is 10.1. The zero-order chi connectivity index (χ0) is 18.7. The fourth-order valence-corrected chi connectivity index (χ4v) is 5.99.